The summed E-state index contributed by atoms with van der Waals surface area (Å²) in [5.41, 5.74) is 5.75. The summed E-state index contributed by atoms with van der Waals surface area (Å²) in [5.74, 6) is 1.89. The molecule has 0 aliphatic carbocycles. The number of hydrogen-bond acceptors (Lipinski definition) is 2. The Hall–Kier alpha value is -1.74. The first kappa shape index (κ1) is 16.6. The lowest BCUT2D eigenvalue weighted by molar-refractivity contribution is -0.115. The van der Waals surface area contributed by atoms with Crippen molar-refractivity contribution in [1.82, 2.24) is 0 Å². The highest BCUT2D eigenvalue weighted by Gasteiger charge is 2.08. The van der Waals surface area contributed by atoms with E-state index in [1.54, 1.807) is 11.8 Å². The summed E-state index contributed by atoms with van der Waals surface area (Å²) in [6.07, 6.45) is 0.546. The van der Waals surface area contributed by atoms with Crippen LogP contribution in [0.25, 0.3) is 0 Å². The first-order valence-corrected chi connectivity index (χ1v) is 8.71. The van der Waals surface area contributed by atoms with Crippen LogP contribution >= 0.6 is 11.8 Å². The van der Waals surface area contributed by atoms with Gasteiger partial charge in [-0.05, 0) is 37.5 Å². The smallest absolute Gasteiger partial charge is 0.225 e. The van der Waals surface area contributed by atoms with Crippen LogP contribution in [0.2, 0.25) is 0 Å². The zero-order valence-corrected chi connectivity index (χ0v) is 14.3. The average molecular weight is 313 g/mol. The average Bonchev–Trinajstić information content (AvgIpc) is 2.48. The van der Waals surface area contributed by atoms with Gasteiger partial charge in [0.2, 0.25) is 5.91 Å². The Morgan fingerprint density at radius 2 is 1.68 bits per heavy atom. The Balaban J connectivity index is 1.79. The molecule has 0 saturated heterocycles. The summed E-state index contributed by atoms with van der Waals surface area (Å²) in [7, 11) is 0. The van der Waals surface area contributed by atoms with Gasteiger partial charge in [0.15, 0.2) is 0 Å². The van der Waals surface area contributed by atoms with Crippen molar-refractivity contribution in [3.8, 4) is 0 Å². The van der Waals surface area contributed by atoms with E-state index in [1.165, 1.54) is 11.1 Å². The molecule has 0 unspecified atom stereocenters. The summed E-state index contributed by atoms with van der Waals surface area (Å²) in [5, 5.41) is 3.05. The SMILES string of the molecule is Cc1cc(C)c(NC(=O)CCSCc2ccccc2)c(C)c1. The third-order valence-corrected chi connectivity index (χ3v) is 4.56. The van der Waals surface area contributed by atoms with Gasteiger partial charge < -0.3 is 5.32 Å². The summed E-state index contributed by atoms with van der Waals surface area (Å²) >= 11 is 1.80. The molecule has 2 aromatic rings. The second kappa shape index (κ2) is 8.04. The van der Waals surface area contributed by atoms with E-state index >= 15 is 0 Å². The predicted octanol–water partition coefficient (Wildman–Crippen LogP) is 4.87. The Kier molecular flexibility index (Phi) is 6.08. The maximum Gasteiger partial charge on any atom is 0.225 e. The highest BCUT2D eigenvalue weighted by molar-refractivity contribution is 7.98. The fourth-order valence-electron chi connectivity index (χ4n) is 2.51. The van der Waals surface area contributed by atoms with Crippen LogP contribution in [0.15, 0.2) is 42.5 Å². The van der Waals surface area contributed by atoms with Gasteiger partial charge in [0.05, 0.1) is 0 Å². The number of amides is 1. The number of anilines is 1. The highest BCUT2D eigenvalue weighted by Crippen LogP contribution is 2.22. The van der Waals surface area contributed by atoms with Crippen molar-refractivity contribution in [2.75, 3.05) is 11.1 Å². The largest absolute Gasteiger partial charge is 0.326 e. The second-order valence-corrected chi connectivity index (χ2v) is 6.72. The third-order valence-electron chi connectivity index (χ3n) is 3.53. The Morgan fingerprint density at radius 1 is 1.05 bits per heavy atom. The predicted molar refractivity (Wildman–Crippen MR) is 96.5 cm³/mol. The molecule has 2 nitrogen and oxygen atoms in total. The number of carbonyl (C=O) groups is 1. The Morgan fingerprint density at radius 3 is 2.32 bits per heavy atom. The maximum atomic E-state index is 12.1. The molecule has 0 radical (unpaired) electrons. The van der Waals surface area contributed by atoms with E-state index in [9.17, 15) is 4.79 Å². The van der Waals surface area contributed by atoms with E-state index in [0.29, 0.717) is 6.42 Å². The molecule has 0 aliphatic rings. The van der Waals surface area contributed by atoms with Gasteiger partial charge in [0, 0.05) is 23.6 Å². The van der Waals surface area contributed by atoms with Crippen LogP contribution in [0.5, 0.6) is 0 Å². The molecule has 1 N–H and O–H groups in total. The van der Waals surface area contributed by atoms with Crippen LogP contribution in [-0.4, -0.2) is 11.7 Å². The number of benzene rings is 2. The standard InChI is InChI=1S/C19H23NOS/c1-14-11-15(2)19(16(3)12-14)20-18(21)9-10-22-13-17-7-5-4-6-8-17/h4-8,11-12H,9-10,13H2,1-3H3,(H,20,21). The maximum absolute atomic E-state index is 12.1. The van der Waals surface area contributed by atoms with Gasteiger partial charge in [0.1, 0.15) is 0 Å². The topological polar surface area (TPSA) is 29.1 Å². The number of rotatable bonds is 6. The normalized spacial score (nSPS) is 10.5. The van der Waals surface area contributed by atoms with Crippen LogP contribution in [0.3, 0.4) is 0 Å². The van der Waals surface area contributed by atoms with Crippen LogP contribution in [0.4, 0.5) is 5.69 Å². The van der Waals surface area contributed by atoms with Crippen molar-refractivity contribution in [3.63, 3.8) is 0 Å². The number of thioether (sulfide) groups is 1. The quantitative estimate of drug-likeness (QED) is 0.771. The van der Waals surface area contributed by atoms with Gasteiger partial charge in [-0.15, -0.1) is 0 Å². The minimum absolute atomic E-state index is 0.0932. The zero-order chi connectivity index (χ0) is 15.9. The zero-order valence-electron chi connectivity index (χ0n) is 13.5. The molecule has 116 valence electrons. The molecule has 0 aromatic heterocycles. The van der Waals surface area contributed by atoms with E-state index in [2.05, 4.69) is 36.5 Å². The van der Waals surface area contributed by atoms with Gasteiger partial charge in [-0.2, -0.15) is 11.8 Å². The number of nitrogens with one attached hydrogen (secondary N) is 1. The monoisotopic (exact) mass is 313 g/mol. The fourth-order valence-corrected chi connectivity index (χ4v) is 3.41. The summed E-state index contributed by atoms with van der Waals surface area (Å²) in [4.78, 5) is 12.1. The van der Waals surface area contributed by atoms with E-state index in [-0.39, 0.29) is 5.91 Å². The van der Waals surface area contributed by atoms with E-state index in [4.69, 9.17) is 0 Å². The number of hydrogen-bond donors (Lipinski definition) is 1. The Bertz CT molecular complexity index is 614. The number of carbonyl (C=O) groups excluding carboxylic acids is 1. The molecule has 3 heteroatoms. The molecule has 0 heterocycles. The lowest BCUT2D eigenvalue weighted by Gasteiger charge is -2.12. The van der Waals surface area contributed by atoms with E-state index < -0.39 is 0 Å². The number of aryl methyl sites for hydroxylation is 3. The minimum Gasteiger partial charge on any atom is -0.326 e. The van der Waals surface area contributed by atoms with Crippen molar-refractivity contribution >= 4 is 23.4 Å². The van der Waals surface area contributed by atoms with Crippen LogP contribution in [0, 0.1) is 20.8 Å². The van der Waals surface area contributed by atoms with Gasteiger partial charge in [0.25, 0.3) is 0 Å². The fraction of sp³-hybridized carbons (Fsp3) is 0.316. The summed E-state index contributed by atoms with van der Waals surface area (Å²) in [6, 6.07) is 14.6. The molecule has 1 amide bonds. The molecule has 2 aromatic carbocycles. The van der Waals surface area contributed by atoms with Crippen LogP contribution in [0.1, 0.15) is 28.7 Å². The molecule has 0 fully saturated rings. The molecular weight excluding hydrogens is 290 g/mol. The summed E-state index contributed by atoms with van der Waals surface area (Å²) < 4.78 is 0. The Labute approximate surface area is 137 Å². The summed E-state index contributed by atoms with van der Waals surface area (Å²) in [6.45, 7) is 6.16. The van der Waals surface area contributed by atoms with Crippen LogP contribution in [-0.2, 0) is 10.5 Å². The lowest BCUT2D eigenvalue weighted by Crippen LogP contribution is -2.14. The van der Waals surface area contributed by atoms with E-state index in [1.807, 2.05) is 32.0 Å². The first-order chi connectivity index (χ1) is 10.6. The molecule has 0 aliphatic heterocycles. The van der Waals surface area contributed by atoms with Crippen molar-refractivity contribution < 1.29 is 4.79 Å². The van der Waals surface area contributed by atoms with Crippen molar-refractivity contribution in [2.45, 2.75) is 32.9 Å². The third kappa shape index (κ3) is 4.92. The van der Waals surface area contributed by atoms with Gasteiger partial charge in [-0.25, -0.2) is 0 Å². The lowest BCUT2D eigenvalue weighted by atomic mass is 10.1. The highest BCUT2D eigenvalue weighted by atomic mass is 32.2. The molecule has 0 saturated carbocycles. The van der Waals surface area contributed by atoms with Crippen LogP contribution < -0.4 is 5.32 Å². The minimum atomic E-state index is 0.0932. The van der Waals surface area contributed by atoms with Crippen molar-refractivity contribution in [1.29, 1.82) is 0 Å². The van der Waals surface area contributed by atoms with Crippen molar-refractivity contribution in [3.05, 3.63) is 64.7 Å². The van der Waals surface area contributed by atoms with Crippen molar-refractivity contribution in [2.24, 2.45) is 0 Å². The second-order valence-electron chi connectivity index (χ2n) is 5.61. The molecular formula is C19H23NOS. The molecule has 2 rings (SSSR count). The molecule has 0 spiro atoms. The van der Waals surface area contributed by atoms with Gasteiger partial charge in [-0.1, -0.05) is 48.0 Å². The van der Waals surface area contributed by atoms with Gasteiger partial charge >= 0.3 is 0 Å². The molecule has 0 atom stereocenters. The van der Waals surface area contributed by atoms with Gasteiger partial charge in [-0.3, -0.25) is 4.79 Å². The first-order valence-electron chi connectivity index (χ1n) is 7.55. The van der Waals surface area contributed by atoms with E-state index in [0.717, 1.165) is 28.3 Å². The molecule has 22 heavy (non-hydrogen) atoms. The molecule has 0 bridgehead atoms.